The lowest BCUT2D eigenvalue weighted by Crippen LogP contribution is -1.92. The van der Waals surface area contributed by atoms with E-state index in [-0.39, 0.29) is 5.56 Å². The van der Waals surface area contributed by atoms with E-state index in [1.54, 1.807) is 12.3 Å². The number of rotatable bonds is 0. The highest BCUT2D eigenvalue weighted by Gasteiger charge is 2.06. The highest BCUT2D eigenvalue weighted by atomic mass is 19.1. The van der Waals surface area contributed by atoms with Crippen LogP contribution in [0.15, 0.2) is 24.5 Å². The molecule has 0 aliphatic rings. The van der Waals surface area contributed by atoms with Crippen molar-refractivity contribution in [1.29, 1.82) is 5.26 Å². The lowest BCUT2D eigenvalue weighted by molar-refractivity contribution is 0.626. The first-order chi connectivity index (χ1) is 5.83. The van der Waals surface area contributed by atoms with Crippen LogP contribution in [0.5, 0.6) is 0 Å². The van der Waals surface area contributed by atoms with Gasteiger partial charge in [-0.25, -0.2) is 8.91 Å². The normalized spacial score (nSPS) is 10.0. The largest absolute Gasteiger partial charge is 0.238 e. The van der Waals surface area contributed by atoms with Gasteiger partial charge < -0.3 is 0 Å². The molecule has 0 radical (unpaired) electrons. The summed E-state index contributed by atoms with van der Waals surface area (Å²) in [7, 11) is 0. The molecule has 0 N–H and O–H groups in total. The van der Waals surface area contributed by atoms with Gasteiger partial charge in [0.05, 0.1) is 11.8 Å². The third-order valence-corrected chi connectivity index (χ3v) is 1.63. The molecule has 0 spiro atoms. The lowest BCUT2D eigenvalue weighted by Gasteiger charge is -1.95. The third kappa shape index (κ3) is 0.768. The Morgan fingerprint density at radius 1 is 1.50 bits per heavy atom. The average Bonchev–Trinajstić information content (AvgIpc) is 2.53. The number of hydrogen-bond acceptors (Lipinski definition) is 2. The summed E-state index contributed by atoms with van der Waals surface area (Å²) in [5, 5.41) is 12.3. The monoisotopic (exact) mass is 161 g/mol. The van der Waals surface area contributed by atoms with Crippen LogP contribution in [0.1, 0.15) is 5.56 Å². The molecule has 0 aliphatic carbocycles. The summed E-state index contributed by atoms with van der Waals surface area (Å²) in [6.07, 6.45) is 3.04. The number of nitriles is 1. The number of pyridine rings is 1. The fraction of sp³-hybridized carbons (Fsp3) is 0. The Balaban J connectivity index is 2.89. The number of aromatic nitrogens is 2. The van der Waals surface area contributed by atoms with Gasteiger partial charge in [0.1, 0.15) is 11.6 Å². The Morgan fingerprint density at radius 3 is 3.08 bits per heavy atom. The van der Waals surface area contributed by atoms with Crippen molar-refractivity contribution in [1.82, 2.24) is 9.61 Å². The zero-order chi connectivity index (χ0) is 8.55. The van der Waals surface area contributed by atoms with Crippen molar-refractivity contribution >= 4 is 5.52 Å². The minimum atomic E-state index is -0.516. The van der Waals surface area contributed by atoms with Crippen LogP contribution >= 0.6 is 0 Å². The molecule has 0 unspecified atom stereocenters. The minimum absolute atomic E-state index is 0.0444. The summed E-state index contributed by atoms with van der Waals surface area (Å²) in [6.45, 7) is 0. The molecule has 2 aromatic heterocycles. The van der Waals surface area contributed by atoms with Crippen molar-refractivity contribution in [3.8, 4) is 6.07 Å². The molecule has 4 heteroatoms. The summed E-state index contributed by atoms with van der Waals surface area (Å²) < 4.78 is 14.6. The molecule has 2 aromatic rings. The zero-order valence-electron chi connectivity index (χ0n) is 6.03. The average molecular weight is 161 g/mol. The lowest BCUT2D eigenvalue weighted by atomic mass is 10.2. The van der Waals surface area contributed by atoms with Crippen LogP contribution in [-0.2, 0) is 0 Å². The number of halogens is 1. The van der Waals surface area contributed by atoms with Crippen LogP contribution in [-0.4, -0.2) is 9.61 Å². The fourth-order valence-electron chi connectivity index (χ4n) is 1.05. The SMILES string of the molecule is N#Cc1ccn2nccc2c1F. The van der Waals surface area contributed by atoms with E-state index in [9.17, 15) is 4.39 Å². The summed E-state index contributed by atoms with van der Waals surface area (Å²) in [5.74, 6) is -0.516. The van der Waals surface area contributed by atoms with E-state index in [1.165, 1.54) is 22.8 Å². The van der Waals surface area contributed by atoms with Crippen LogP contribution in [0.4, 0.5) is 4.39 Å². The molecule has 0 fully saturated rings. The molecule has 0 bridgehead atoms. The van der Waals surface area contributed by atoms with E-state index in [1.807, 2.05) is 0 Å². The van der Waals surface area contributed by atoms with Crippen LogP contribution in [0.3, 0.4) is 0 Å². The first kappa shape index (κ1) is 6.80. The van der Waals surface area contributed by atoms with Gasteiger partial charge in [0.2, 0.25) is 0 Å². The van der Waals surface area contributed by atoms with E-state index >= 15 is 0 Å². The van der Waals surface area contributed by atoms with Crippen molar-refractivity contribution in [3.63, 3.8) is 0 Å². The first-order valence-corrected chi connectivity index (χ1v) is 3.35. The molecule has 0 aliphatic heterocycles. The Bertz CT molecular complexity index is 467. The van der Waals surface area contributed by atoms with Crippen molar-refractivity contribution in [2.24, 2.45) is 0 Å². The molecule has 2 heterocycles. The molecular weight excluding hydrogens is 157 g/mol. The standard InChI is InChI=1S/C8H4FN3/c9-8-6(5-10)2-4-12-7(8)1-3-11-12/h1-4H. The van der Waals surface area contributed by atoms with Crippen molar-refractivity contribution in [3.05, 3.63) is 35.9 Å². The molecule has 0 aromatic carbocycles. The van der Waals surface area contributed by atoms with Crippen LogP contribution in [0, 0.1) is 17.1 Å². The molecule has 0 saturated heterocycles. The van der Waals surface area contributed by atoms with Gasteiger partial charge in [-0.05, 0) is 12.1 Å². The molecule has 0 atom stereocenters. The second kappa shape index (κ2) is 2.31. The van der Waals surface area contributed by atoms with Gasteiger partial charge in [-0.15, -0.1) is 0 Å². The summed E-state index contributed by atoms with van der Waals surface area (Å²) >= 11 is 0. The molecule has 0 saturated carbocycles. The topological polar surface area (TPSA) is 41.1 Å². The minimum Gasteiger partial charge on any atom is -0.238 e. The molecule has 3 nitrogen and oxygen atoms in total. The van der Waals surface area contributed by atoms with Gasteiger partial charge in [-0.2, -0.15) is 10.4 Å². The highest BCUT2D eigenvalue weighted by molar-refractivity contribution is 5.52. The maximum absolute atomic E-state index is 13.2. The van der Waals surface area contributed by atoms with E-state index in [4.69, 9.17) is 5.26 Å². The van der Waals surface area contributed by atoms with Gasteiger partial charge >= 0.3 is 0 Å². The smallest absolute Gasteiger partial charge is 0.166 e. The first-order valence-electron chi connectivity index (χ1n) is 3.35. The quantitative estimate of drug-likeness (QED) is 0.585. The maximum atomic E-state index is 13.2. The van der Waals surface area contributed by atoms with Gasteiger partial charge in [-0.3, -0.25) is 0 Å². The van der Waals surface area contributed by atoms with Crippen molar-refractivity contribution < 1.29 is 4.39 Å². The maximum Gasteiger partial charge on any atom is 0.166 e. The summed E-state index contributed by atoms with van der Waals surface area (Å²) in [5.41, 5.74) is 0.372. The molecule has 0 amide bonds. The molecule has 2 rings (SSSR count). The number of nitrogens with zero attached hydrogens (tertiary/aromatic N) is 3. The second-order valence-corrected chi connectivity index (χ2v) is 2.32. The summed E-state index contributed by atoms with van der Waals surface area (Å²) in [6, 6.07) is 4.68. The van der Waals surface area contributed by atoms with E-state index in [0.29, 0.717) is 5.52 Å². The Morgan fingerprint density at radius 2 is 2.33 bits per heavy atom. The van der Waals surface area contributed by atoms with Gasteiger partial charge in [0.25, 0.3) is 0 Å². The van der Waals surface area contributed by atoms with Gasteiger partial charge in [-0.1, -0.05) is 0 Å². The van der Waals surface area contributed by atoms with E-state index < -0.39 is 5.82 Å². The van der Waals surface area contributed by atoms with Crippen LogP contribution in [0.25, 0.3) is 5.52 Å². The highest BCUT2D eigenvalue weighted by Crippen LogP contribution is 2.12. The van der Waals surface area contributed by atoms with Gasteiger partial charge in [0, 0.05) is 6.20 Å². The predicted octanol–water partition coefficient (Wildman–Crippen LogP) is 1.35. The van der Waals surface area contributed by atoms with Crippen LogP contribution in [0.2, 0.25) is 0 Å². The fourth-order valence-corrected chi connectivity index (χ4v) is 1.05. The van der Waals surface area contributed by atoms with Crippen LogP contribution < -0.4 is 0 Å². The molecular formula is C8H4FN3. The van der Waals surface area contributed by atoms with E-state index in [0.717, 1.165) is 0 Å². The van der Waals surface area contributed by atoms with E-state index in [2.05, 4.69) is 5.10 Å². The predicted molar refractivity (Wildman–Crippen MR) is 39.9 cm³/mol. The zero-order valence-corrected chi connectivity index (χ0v) is 6.03. The Labute approximate surface area is 67.7 Å². The molecule has 58 valence electrons. The Hall–Kier alpha value is -1.89. The third-order valence-electron chi connectivity index (χ3n) is 1.63. The molecule has 12 heavy (non-hydrogen) atoms. The summed E-state index contributed by atoms with van der Waals surface area (Å²) in [4.78, 5) is 0. The van der Waals surface area contributed by atoms with Gasteiger partial charge in [0.15, 0.2) is 5.82 Å². The van der Waals surface area contributed by atoms with Crippen molar-refractivity contribution in [2.45, 2.75) is 0 Å². The second-order valence-electron chi connectivity index (χ2n) is 2.32. The number of fused-ring (bicyclic) bond motifs is 1. The number of hydrogen-bond donors (Lipinski definition) is 0. The van der Waals surface area contributed by atoms with Crippen molar-refractivity contribution in [2.75, 3.05) is 0 Å². The Kier molecular flexibility index (Phi) is 1.31.